The second-order valence-corrected chi connectivity index (χ2v) is 9.81. The van der Waals surface area contributed by atoms with E-state index in [2.05, 4.69) is 42.5 Å². The fourth-order valence-electron chi connectivity index (χ4n) is 5.92. The summed E-state index contributed by atoms with van der Waals surface area (Å²) in [5.74, 6) is -0.322. The van der Waals surface area contributed by atoms with E-state index in [0.717, 1.165) is 38.4 Å². The molecule has 0 fully saturated rings. The smallest absolute Gasteiger partial charge is 0.261 e. The van der Waals surface area contributed by atoms with E-state index in [4.69, 9.17) is 0 Å². The van der Waals surface area contributed by atoms with Gasteiger partial charge >= 0.3 is 0 Å². The lowest BCUT2D eigenvalue weighted by Gasteiger charge is -2.21. The number of carbonyl (C=O) groups excluding carboxylic acids is 2. The van der Waals surface area contributed by atoms with Gasteiger partial charge in [-0.05, 0) is 44.3 Å². The van der Waals surface area contributed by atoms with Gasteiger partial charge in [0.1, 0.15) is 0 Å². The zero-order chi connectivity index (χ0) is 26.0. The molecule has 0 N–H and O–H groups in total. The summed E-state index contributed by atoms with van der Waals surface area (Å²) in [5.41, 5.74) is 6.15. The molecule has 0 unspecified atom stereocenters. The summed E-state index contributed by atoms with van der Waals surface area (Å²) in [4.78, 5) is 30.8. The van der Waals surface area contributed by atoms with E-state index in [0.29, 0.717) is 22.5 Å². The van der Waals surface area contributed by atoms with Crippen molar-refractivity contribution >= 4 is 44.8 Å². The molecule has 0 atom stereocenters. The van der Waals surface area contributed by atoms with Crippen LogP contribution in [-0.2, 0) is 9.59 Å². The van der Waals surface area contributed by atoms with Crippen LogP contribution in [-0.4, -0.2) is 35.7 Å². The predicted molar refractivity (Wildman–Crippen MR) is 153 cm³/mol. The molecule has 38 heavy (non-hydrogen) atoms. The normalized spacial score (nSPS) is 15.4. The first kappa shape index (κ1) is 22.3. The standard InChI is InChI=1S/C34H24N2O2/c1-35-31(24-15-7-14-23(20-24)27-18-8-12-21-10-3-5-16-25(21)27)29-30(34(35)38)32(36(2)33(29)37)28-19-9-13-22-11-4-6-17-26(22)28/h3-20H,1-2H3. The van der Waals surface area contributed by atoms with Crippen LogP contribution in [0.3, 0.4) is 0 Å². The maximum absolute atomic E-state index is 13.8. The fraction of sp³-hybridized carbons (Fsp3) is 0.0588. The molecular weight excluding hydrogens is 468 g/mol. The molecule has 2 aliphatic rings. The highest BCUT2D eigenvalue weighted by Crippen LogP contribution is 2.46. The van der Waals surface area contributed by atoms with Crippen molar-refractivity contribution in [2.45, 2.75) is 0 Å². The number of fused-ring (bicyclic) bond motifs is 3. The van der Waals surface area contributed by atoms with Crippen LogP contribution in [0, 0.1) is 0 Å². The Kier molecular flexibility index (Phi) is 4.85. The van der Waals surface area contributed by atoms with Crippen molar-refractivity contribution in [3.05, 3.63) is 131 Å². The predicted octanol–water partition coefficient (Wildman–Crippen LogP) is 6.73. The third kappa shape index (κ3) is 3.10. The Bertz CT molecular complexity index is 1890. The maximum Gasteiger partial charge on any atom is 0.261 e. The van der Waals surface area contributed by atoms with Crippen molar-refractivity contribution in [3.8, 4) is 11.1 Å². The van der Waals surface area contributed by atoms with E-state index in [-0.39, 0.29) is 11.8 Å². The van der Waals surface area contributed by atoms with Crippen LogP contribution in [0.15, 0.2) is 120 Å². The number of nitrogens with zero attached hydrogens (tertiary/aromatic N) is 2. The van der Waals surface area contributed by atoms with Crippen molar-refractivity contribution in [3.63, 3.8) is 0 Å². The van der Waals surface area contributed by atoms with Gasteiger partial charge in [0.05, 0.1) is 22.5 Å². The van der Waals surface area contributed by atoms with Crippen LogP contribution in [0.5, 0.6) is 0 Å². The molecular formula is C34H24N2O2. The summed E-state index contributed by atoms with van der Waals surface area (Å²) in [6, 6.07) is 36.8. The summed E-state index contributed by atoms with van der Waals surface area (Å²) in [6.45, 7) is 0. The Labute approximate surface area is 220 Å². The van der Waals surface area contributed by atoms with Gasteiger partial charge in [0.15, 0.2) is 0 Å². The van der Waals surface area contributed by atoms with Gasteiger partial charge < -0.3 is 9.80 Å². The minimum absolute atomic E-state index is 0.161. The molecule has 4 heteroatoms. The molecule has 182 valence electrons. The van der Waals surface area contributed by atoms with Gasteiger partial charge in [0.2, 0.25) is 0 Å². The molecule has 0 saturated carbocycles. The summed E-state index contributed by atoms with van der Waals surface area (Å²) >= 11 is 0. The molecule has 2 amide bonds. The lowest BCUT2D eigenvalue weighted by molar-refractivity contribution is -0.123. The number of hydrogen-bond acceptors (Lipinski definition) is 2. The Morgan fingerprint density at radius 2 is 0.947 bits per heavy atom. The van der Waals surface area contributed by atoms with E-state index in [1.54, 1.807) is 23.9 Å². The average Bonchev–Trinajstić information content (AvgIpc) is 3.37. The Hall–Kier alpha value is -4.96. The largest absolute Gasteiger partial charge is 0.310 e. The maximum atomic E-state index is 13.8. The number of carbonyl (C=O) groups is 2. The highest BCUT2D eigenvalue weighted by molar-refractivity contribution is 6.30. The Morgan fingerprint density at radius 3 is 1.63 bits per heavy atom. The summed E-state index contributed by atoms with van der Waals surface area (Å²) in [5, 5.41) is 4.41. The molecule has 2 aliphatic heterocycles. The molecule has 0 spiro atoms. The SMILES string of the molecule is CN1C(=O)C2=C(c3cccc4ccccc34)N(C)C(=O)C2=C1c1cccc(-c2cccc3ccccc23)c1. The molecule has 0 saturated heterocycles. The van der Waals surface area contributed by atoms with Crippen molar-refractivity contribution < 1.29 is 9.59 Å². The summed E-state index contributed by atoms with van der Waals surface area (Å²) in [6.07, 6.45) is 0. The van der Waals surface area contributed by atoms with E-state index in [1.807, 2.05) is 66.7 Å². The van der Waals surface area contributed by atoms with Gasteiger partial charge in [0.25, 0.3) is 11.8 Å². The molecule has 0 aliphatic carbocycles. The first-order valence-corrected chi connectivity index (χ1v) is 12.7. The van der Waals surface area contributed by atoms with E-state index >= 15 is 0 Å². The van der Waals surface area contributed by atoms with Crippen LogP contribution < -0.4 is 0 Å². The second-order valence-electron chi connectivity index (χ2n) is 9.81. The fourth-order valence-corrected chi connectivity index (χ4v) is 5.92. The highest BCUT2D eigenvalue weighted by atomic mass is 16.2. The van der Waals surface area contributed by atoms with Gasteiger partial charge in [-0.2, -0.15) is 0 Å². The topological polar surface area (TPSA) is 40.6 Å². The monoisotopic (exact) mass is 492 g/mol. The Balaban J connectivity index is 1.45. The van der Waals surface area contributed by atoms with Gasteiger partial charge in [-0.15, -0.1) is 0 Å². The summed E-state index contributed by atoms with van der Waals surface area (Å²) in [7, 11) is 3.52. The van der Waals surface area contributed by atoms with Crippen LogP contribution in [0.2, 0.25) is 0 Å². The minimum Gasteiger partial charge on any atom is -0.310 e. The Morgan fingerprint density at radius 1 is 0.474 bits per heavy atom. The molecule has 0 radical (unpaired) electrons. The van der Waals surface area contributed by atoms with Crippen molar-refractivity contribution in [2.24, 2.45) is 0 Å². The van der Waals surface area contributed by atoms with Gasteiger partial charge in [-0.25, -0.2) is 0 Å². The quantitative estimate of drug-likeness (QED) is 0.280. The lowest BCUT2D eigenvalue weighted by Crippen LogP contribution is -2.25. The number of benzene rings is 5. The first-order chi connectivity index (χ1) is 18.5. The van der Waals surface area contributed by atoms with Gasteiger partial charge in [-0.1, -0.05) is 103 Å². The van der Waals surface area contributed by atoms with Gasteiger partial charge in [0, 0.05) is 19.7 Å². The minimum atomic E-state index is -0.161. The van der Waals surface area contributed by atoms with Crippen LogP contribution in [0.4, 0.5) is 0 Å². The first-order valence-electron chi connectivity index (χ1n) is 12.7. The van der Waals surface area contributed by atoms with Gasteiger partial charge in [-0.3, -0.25) is 9.59 Å². The lowest BCUT2D eigenvalue weighted by atomic mass is 9.95. The van der Waals surface area contributed by atoms with E-state index in [9.17, 15) is 9.59 Å². The number of rotatable bonds is 3. The molecule has 7 rings (SSSR count). The van der Waals surface area contributed by atoms with Crippen molar-refractivity contribution in [1.82, 2.24) is 9.80 Å². The molecule has 0 bridgehead atoms. The van der Waals surface area contributed by atoms with Crippen molar-refractivity contribution in [2.75, 3.05) is 14.1 Å². The highest BCUT2D eigenvalue weighted by Gasteiger charge is 2.46. The molecule has 5 aromatic rings. The number of likely N-dealkylation sites (N-methyl/N-ethyl adjacent to an activating group) is 2. The van der Waals surface area contributed by atoms with E-state index in [1.165, 1.54) is 5.39 Å². The number of hydrogen-bond donors (Lipinski definition) is 0. The van der Waals surface area contributed by atoms with Crippen LogP contribution in [0.25, 0.3) is 44.1 Å². The third-order valence-electron chi connectivity index (χ3n) is 7.71. The number of amides is 2. The molecule has 5 aromatic carbocycles. The van der Waals surface area contributed by atoms with Crippen molar-refractivity contribution in [1.29, 1.82) is 0 Å². The molecule has 0 aromatic heterocycles. The zero-order valence-corrected chi connectivity index (χ0v) is 21.1. The average molecular weight is 493 g/mol. The van der Waals surface area contributed by atoms with Crippen LogP contribution >= 0.6 is 0 Å². The second kappa shape index (κ2) is 8.29. The van der Waals surface area contributed by atoms with Crippen LogP contribution in [0.1, 0.15) is 11.1 Å². The zero-order valence-electron chi connectivity index (χ0n) is 21.1. The molecule has 2 heterocycles. The summed E-state index contributed by atoms with van der Waals surface area (Å²) < 4.78 is 0. The molecule has 4 nitrogen and oxygen atoms in total. The third-order valence-corrected chi connectivity index (χ3v) is 7.71. The van der Waals surface area contributed by atoms with E-state index < -0.39 is 0 Å².